The zero-order chi connectivity index (χ0) is 13.6. The highest BCUT2D eigenvalue weighted by molar-refractivity contribution is 6.11. The third kappa shape index (κ3) is 1.62. The summed E-state index contributed by atoms with van der Waals surface area (Å²) >= 11 is 0. The van der Waals surface area contributed by atoms with Gasteiger partial charge >= 0.3 is 0 Å². The van der Waals surface area contributed by atoms with Crippen molar-refractivity contribution in [3.8, 4) is 11.5 Å². The minimum atomic E-state index is -0.178. The van der Waals surface area contributed by atoms with E-state index in [0.717, 1.165) is 0 Å². The molecule has 0 aliphatic carbocycles. The fraction of sp³-hybridized carbons (Fsp3) is 0.286. The number of carbonyl (C=O) groups excluding carboxylic acids is 1. The molecule has 3 rings (SSSR count). The van der Waals surface area contributed by atoms with Gasteiger partial charge in [-0.15, -0.1) is 0 Å². The Hall–Kier alpha value is -2.30. The van der Waals surface area contributed by atoms with Crippen molar-refractivity contribution in [1.29, 1.82) is 0 Å². The van der Waals surface area contributed by atoms with E-state index < -0.39 is 0 Å². The summed E-state index contributed by atoms with van der Waals surface area (Å²) in [6, 6.07) is 2.98. The highest BCUT2D eigenvalue weighted by Gasteiger charge is 2.26. The number of pyridine rings is 1. The standard InChI is InChI=1S/C14H13NO4/c1-2-19-11-7-8-9(16)3-5-15-6-4-10(17)12(13(8)15)14(11)18/h3,5,7,18H,2,4,6H2,1H3. The van der Waals surface area contributed by atoms with Gasteiger partial charge in [-0.3, -0.25) is 9.59 Å². The van der Waals surface area contributed by atoms with Crippen molar-refractivity contribution in [1.82, 2.24) is 4.57 Å². The number of aromatic nitrogens is 1. The maximum absolute atomic E-state index is 12.0. The first-order chi connectivity index (χ1) is 9.13. The number of aromatic hydroxyl groups is 1. The van der Waals surface area contributed by atoms with Gasteiger partial charge in [-0.2, -0.15) is 0 Å². The number of nitrogens with zero attached hydrogens (tertiary/aromatic N) is 1. The number of phenolic OH excluding ortho intramolecular Hbond substituents is 1. The Kier molecular flexibility index (Phi) is 2.55. The van der Waals surface area contributed by atoms with Crippen LogP contribution in [0, 0.1) is 0 Å². The summed E-state index contributed by atoms with van der Waals surface area (Å²) in [5.41, 5.74) is 0.526. The molecule has 0 fully saturated rings. The number of aryl methyl sites for hydroxylation is 1. The highest BCUT2D eigenvalue weighted by Crippen LogP contribution is 2.38. The van der Waals surface area contributed by atoms with Gasteiger partial charge in [0.25, 0.3) is 0 Å². The second kappa shape index (κ2) is 4.12. The van der Waals surface area contributed by atoms with Crippen LogP contribution in [0.15, 0.2) is 23.1 Å². The van der Waals surface area contributed by atoms with Gasteiger partial charge in [0.05, 0.1) is 23.1 Å². The van der Waals surface area contributed by atoms with Crippen molar-refractivity contribution in [3.05, 3.63) is 34.1 Å². The van der Waals surface area contributed by atoms with Gasteiger partial charge in [0.2, 0.25) is 0 Å². The van der Waals surface area contributed by atoms with Crippen LogP contribution in [0.4, 0.5) is 0 Å². The summed E-state index contributed by atoms with van der Waals surface area (Å²) in [7, 11) is 0. The number of benzene rings is 1. The fourth-order valence-corrected chi connectivity index (χ4v) is 2.51. The predicted molar refractivity (Wildman–Crippen MR) is 70.0 cm³/mol. The van der Waals surface area contributed by atoms with E-state index in [9.17, 15) is 14.7 Å². The van der Waals surface area contributed by atoms with Crippen LogP contribution in [0.2, 0.25) is 0 Å². The number of hydrogen-bond acceptors (Lipinski definition) is 4. The molecule has 1 N–H and O–H groups in total. The van der Waals surface area contributed by atoms with Gasteiger partial charge in [-0.25, -0.2) is 0 Å². The van der Waals surface area contributed by atoms with Crippen molar-refractivity contribution in [2.45, 2.75) is 19.9 Å². The molecule has 0 radical (unpaired) electrons. The Morgan fingerprint density at radius 3 is 2.95 bits per heavy atom. The molecule has 0 amide bonds. The third-order valence-electron chi connectivity index (χ3n) is 3.35. The lowest BCUT2D eigenvalue weighted by Gasteiger charge is -2.21. The van der Waals surface area contributed by atoms with Crippen LogP contribution in [0.25, 0.3) is 10.9 Å². The molecule has 0 saturated heterocycles. The average Bonchev–Trinajstić information content (AvgIpc) is 2.40. The Balaban J connectivity index is 2.49. The molecule has 1 aliphatic rings. The Labute approximate surface area is 109 Å². The molecular weight excluding hydrogens is 246 g/mol. The predicted octanol–water partition coefficient (Wildman–Crippen LogP) is 1.69. The van der Waals surface area contributed by atoms with E-state index in [1.807, 2.05) is 4.57 Å². The molecule has 0 atom stereocenters. The number of ether oxygens (including phenoxy) is 1. The summed E-state index contributed by atoms with van der Waals surface area (Å²) in [5, 5.41) is 10.6. The van der Waals surface area contributed by atoms with Crippen LogP contribution in [-0.4, -0.2) is 22.1 Å². The Morgan fingerprint density at radius 2 is 2.21 bits per heavy atom. The molecule has 5 nitrogen and oxygen atoms in total. The lowest BCUT2D eigenvalue weighted by molar-refractivity contribution is 0.0969. The molecule has 0 saturated carbocycles. The van der Waals surface area contributed by atoms with Crippen molar-refractivity contribution < 1.29 is 14.6 Å². The van der Waals surface area contributed by atoms with Crippen LogP contribution < -0.4 is 10.2 Å². The van der Waals surface area contributed by atoms with Crippen LogP contribution in [0.5, 0.6) is 11.5 Å². The first-order valence-corrected chi connectivity index (χ1v) is 6.18. The van der Waals surface area contributed by atoms with E-state index in [2.05, 4.69) is 0 Å². The van der Waals surface area contributed by atoms with Crippen molar-refractivity contribution in [2.75, 3.05) is 6.61 Å². The van der Waals surface area contributed by atoms with Crippen LogP contribution in [-0.2, 0) is 6.54 Å². The molecule has 1 aromatic heterocycles. The number of rotatable bonds is 2. The topological polar surface area (TPSA) is 68.5 Å². The smallest absolute Gasteiger partial charge is 0.189 e. The number of ketones is 1. The van der Waals surface area contributed by atoms with Gasteiger partial charge in [0.1, 0.15) is 0 Å². The van der Waals surface area contributed by atoms with E-state index in [1.54, 1.807) is 13.1 Å². The molecule has 2 heterocycles. The molecule has 0 unspecified atom stereocenters. The van der Waals surface area contributed by atoms with Crippen LogP contribution in [0.3, 0.4) is 0 Å². The molecule has 5 heteroatoms. The quantitative estimate of drug-likeness (QED) is 0.891. The lowest BCUT2D eigenvalue weighted by atomic mass is 9.98. The van der Waals surface area contributed by atoms with Crippen LogP contribution in [0.1, 0.15) is 23.7 Å². The zero-order valence-corrected chi connectivity index (χ0v) is 10.5. The molecule has 98 valence electrons. The largest absolute Gasteiger partial charge is 0.504 e. The first-order valence-electron chi connectivity index (χ1n) is 6.18. The van der Waals surface area contributed by atoms with Gasteiger partial charge in [0.15, 0.2) is 22.7 Å². The number of hydrogen-bond donors (Lipinski definition) is 1. The van der Waals surface area contributed by atoms with E-state index in [1.165, 1.54) is 12.1 Å². The van der Waals surface area contributed by atoms with Gasteiger partial charge < -0.3 is 14.4 Å². The van der Waals surface area contributed by atoms with Crippen molar-refractivity contribution in [2.24, 2.45) is 0 Å². The van der Waals surface area contributed by atoms with Crippen LogP contribution >= 0.6 is 0 Å². The Bertz CT molecular complexity index is 745. The van der Waals surface area contributed by atoms with E-state index >= 15 is 0 Å². The number of phenols is 1. The number of Topliss-reactive ketones (excluding diaryl/α,β-unsaturated/α-hetero) is 1. The second-order valence-corrected chi connectivity index (χ2v) is 4.47. The van der Waals surface area contributed by atoms with Gasteiger partial charge in [-0.1, -0.05) is 0 Å². The molecule has 0 spiro atoms. The summed E-state index contributed by atoms with van der Waals surface area (Å²) in [4.78, 5) is 24.0. The number of carbonyl (C=O) groups is 1. The summed E-state index contributed by atoms with van der Waals surface area (Å²) in [5.74, 6) is -0.136. The minimum Gasteiger partial charge on any atom is -0.504 e. The monoisotopic (exact) mass is 259 g/mol. The van der Waals surface area contributed by atoms with E-state index in [4.69, 9.17) is 4.74 Å². The van der Waals surface area contributed by atoms with Crippen molar-refractivity contribution in [3.63, 3.8) is 0 Å². The normalized spacial score (nSPS) is 13.8. The molecule has 1 aromatic carbocycles. The highest BCUT2D eigenvalue weighted by atomic mass is 16.5. The van der Waals surface area contributed by atoms with E-state index in [0.29, 0.717) is 30.5 Å². The zero-order valence-electron chi connectivity index (χ0n) is 10.5. The summed E-state index contributed by atoms with van der Waals surface area (Å²) in [6.07, 6.45) is 1.97. The van der Waals surface area contributed by atoms with Gasteiger partial charge in [-0.05, 0) is 13.0 Å². The molecule has 2 aromatic rings. The second-order valence-electron chi connectivity index (χ2n) is 4.47. The van der Waals surface area contributed by atoms with E-state index in [-0.39, 0.29) is 28.3 Å². The fourth-order valence-electron chi connectivity index (χ4n) is 2.51. The summed E-state index contributed by atoms with van der Waals surface area (Å²) < 4.78 is 7.13. The molecule has 19 heavy (non-hydrogen) atoms. The SMILES string of the molecule is CCOc1cc2c(=O)ccn3c2c(c1O)C(=O)CC3. The minimum absolute atomic E-state index is 0.158. The first kappa shape index (κ1) is 11.8. The third-order valence-corrected chi connectivity index (χ3v) is 3.35. The maximum Gasteiger partial charge on any atom is 0.189 e. The Morgan fingerprint density at radius 1 is 1.42 bits per heavy atom. The maximum atomic E-state index is 12.0. The molecule has 1 aliphatic heterocycles. The summed E-state index contributed by atoms with van der Waals surface area (Å²) in [6.45, 7) is 2.66. The molecule has 0 bridgehead atoms. The lowest BCUT2D eigenvalue weighted by Crippen LogP contribution is -2.19. The van der Waals surface area contributed by atoms with Gasteiger partial charge in [0, 0.05) is 25.2 Å². The average molecular weight is 259 g/mol. The molecular formula is C14H13NO4. The van der Waals surface area contributed by atoms with Crippen molar-refractivity contribution >= 4 is 16.7 Å².